The van der Waals surface area contributed by atoms with Gasteiger partial charge in [-0.15, -0.1) is 0 Å². The van der Waals surface area contributed by atoms with Crippen molar-refractivity contribution in [2.45, 2.75) is 12.5 Å². The van der Waals surface area contributed by atoms with Crippen molar-refractivity contribution >= 4 is 5.97 Å². The number of carbonyl (C=O) groups is 1. The van der Waals surface area contributed by atoms with Gasteiger partial charge >= 0.3 is 29.6 Å². The van der Waals surface area contributed by atoms with Gasteiger partial charge in [0.1, 0.15) is 0 Å². The summed E-state index contributed by atoms with van der Waals surface area (Å²) in [4.78, 5) is 9.74. The molecule has 0 aliphatic carbocycles. The van der Waals surface area contributed by atoms with Gasteiger partial charge in [-0.1, -0.05) is 0 Å². The summed E-state index contributed by atoms with van der Waals surface area (Å²) in [6.45, 7) is -0.213. The summed E-state index contributed by atoms with van der Waals surface area (Å²) in [6, 6.07) is -1.03. The third-order valence-electron chi connectivity index (χ3n) is 0.743. The molecular formula is C4H8NNaO3. The minimum Gasteiger partial charge on any atom is -0.548 e. The van der Waals surface area contributed by atoms with Gasteiger partial charge in [0.2, 0.25) is 0 Å². The number of aliphatic hydroxyl groups excluding tert-OH is 1. The molecule has 0 aliphatic heterocycles. The third-order valence-corrected chi connectivity index (χ3v) is 0.743. The largest absolute Gasteiger partial charge is 1.00 e. The SMILES string of the molecule is N[C@@H](CCO)C(=O)[O-].[Na+]. The van der Waals surface area contributed by atoms with Crippen LogP contribution in [0.4, 0.5) is 0 Å². The topological polar surface area (TPSA) is 86.4 Å². The first-order chi connectivity index (χ1) is 3.68. The summed E-state index contributed by atoms with van der Waals surface area (Å²) in [7, 11) is 0. The molecule has 0 amide bonds. The molecule has 0 unspecified atom stereocenters. The van der Waals surface area contributed by atoms with Crippen LogP contribution in [-0.4, -0.2) is 23.7 Å². The molecule has 4 nitrogen and oxygen atoms in total. The minimum absolute atomic E-state index is 0. The predicted molar refractivity (Wildman–Crippen MR) is 24.7 cm³/mol. The zero-order valence-electron chi connectivity index (χ0n) is 5.33. The van der Waals surface area contributed by atoms with E-state index in [9.17, 15) is 9.90 Å². The van der Waals surface area contributed by atoms with Gasteiger partial charge in [0.05, 0.1) is 5.97 Å². The van der Waals surface area contributed by atoms with Crippen LogP contribution in [0.15, 0.2) is 0 Å². The van der Waals surface area contributed by atoms with Crippen LogP contribution >= 0.6 is 0 Å². The molecule has 0 aromatic carbocycles. The Morgan fingerprint density at radius 3 is 2.33 bits per heavy atom. The molecule has 0 fully saturated rings. The Bertz CT molecular complexity index is 87.9. The van der Waals surface area contributed by atoms with Gasteiger partial charge in [-0.05, 0) is 6.42 Å². The number of carboxylic acids is 1. The Morgan fingerprint density at radius 1 is 1.78 bits per heavy atom. The molecule has 0 saturated carbocycles. The number of hydrogen-bond acceptors (Lipinski definition) is 4. The van der Waals surface area contributed by atoms with E-state index in [2.05, 4.69) is 0 Å². The normalized spacial score (nSPS) is 11.8. The van der Waals surface area contributed by atoms with Gasteiger partial charge in [0.15, 0.2) is 0 Å². The number of hydrogen-bond donors (Lipinski definition) is 2. The first-order valence-electron chi connectivity index (χ1n) is 2.25. The van der Waals surface area contributed by atoms with E-state index >= 15 is 0 Å². The second kappa shape index (κ2) is 6.51. The van der Waals surface area contributed by atoms with Gasteiger partial charge in [-0.25, -0.2) is 0 Å². The van der Waals surface area contributed by atoms with Gasteiger partial charge < -0.3 is 20.7 Å². The Morgan fingerprint density at radius 2 is 2.22 bits per heavy atom. The monoisotopic (exact) mass is 141 g/mol. The summed E-state index contributed by atoms with van der Waals surface area (Å²) in [6.07, 6.45) is 0.0579. The zero-order chi connectivity index (χ0) is 6.57. The Kier molecular flexibility index (Phi) is 8.75. The van der Waals surface area contributed by atoms with Crippen LogP contribution in [0, 0.1) is 0 Å². The van der Waals surface area contributed by atoms with Gasteiger partial charge in [0.25, 0.3) is 0 Å². The number of rotatable bonds is 3. The number of carbonyl (C=O) groups excluding carboxylic acids is 1. The van der Waals surface area contributed by atoms with Crippen molar-refractivity contribution in [2.24, 2.45) is 5.73 Å². The number of aliphatic hydroxyl groups is 1. The first-order valence-corrected chi connectivity index (χ1v) is 2.25. The molecule has 0 spiro atoms. The van der Waals surface area contributed by atoms with Crippen molar-refractivity contribution in [2.75, 3.05) is 6.61 Å². The van der Waals surface area contributed by atoms with E-state index in [0.717, 1.165) is 0 Å². The second-order valence-electron chi connectivity index (χ2n) is 1.44. The molecule has 0 saturated heterocycles. The number of nitrogens with two attached hydrogens (primary N) is 1. The zero-order valence-corrected chi connectivity index (χ0v) is 7.33. The van der Waals surface area contributed by atoms with E-state index < -0.39 is 12.0 Å². The van der Waals surface area contributed by atoms with Gasteiger partial charge in [0, 0.05) is 12.6 Å². The summed E-state index contributed by atoms with van der Waals surface area (Å²) < 4.78 is 0. The third kappa shape index (κ3) is 6.27. The fraction of sp³-hybridized carbons (Fsp3) is 0.750. The average Bonchev–Trinajstić information content (AvgIpc) is 1.67. The molecule has 0 heterocycles. The van der Waals surface area contributed by atoms with Crippen molar-refractivity contribution in [3.63, 3.8) is 0 Å². The fourth-order valence-corrected chi connectivity index (χ4v) is 0.257. The van der Waals surface area contributed by atoms with Crippen LogP contribution in [0.5, 0.6) is 0 Å². The van der Waals surface area contributed by atoms with E-state index in [4.69, 9.17) is 10.8 Å². The van der Waals surface area contributed by atoms with Crippen LogP contribution in [0.1, 0.15) is 6.42 Å². The van der Waals surface area contributed by atoms with Crippen molar-refractivity contribution in [3.05, 3.63) is 0 Å². The van der Waals surface area contributed by atoms with E-state index in [1.165, 1.54) is 0 Å². The molecule has 0 aliphatic rings. The molecule has 0 rings (SSSR count). The average molecular weight is 141 g/mol. The van der Waals surface area contributed by atoms with E-state index in [-0.39, 0.29) is 42.6 Å². The fourth-order valence-electron chi connectivity index (χ4n) is 0.257. The molecule has 5 heteroatoms. The maximum atomic E-state index is 9.74. The molecular weight excluding hydrogens is 133 g/mol. The standard InChI is InChI=1S/C4H9NO3.Na/c5-3(1-2-6)4(7)8;/h3,6H,1-2,5H2,(H,7,8);/q;+1/p-1/t3-;/m0./s1. The molecule has 48 valence electrons. The van der Waals surface area contributed by atoms with Crippen molar-refractivity contribution in [1.29, 1.82) is 0 Å². The molecule has 1 atom stereocenters. The molecule has 0 bridgehead atoms. The molecule has 3 N–H and O–H groups in total. The van der Waals surface area contributed by atoms with Crippen LogP contribution in [0.2, 0.25) is 0 Å². The maximum absolute atomic E-state index is 9.74. The van der Waals surface area contributed by atoms with Crippen molar-refractivity contribution in [3.8, 4) is 0 Å². The van der Waals surface area contributed by atoms with Crippen LogP contribution in [-0.2, 0) is 4.79 Å². The molecule has 9 heavy (non-hydrogen) atoms. The summed E-state index contributed by atoms with van der Waals surface area (Å²) in [5, 5.41) is 17.9. The molecule has 0 aromatic rings. The smallest absolute Gasteiger partial charge is 0.548 e. The van der Waals surface area contributed by atoms with Crippen molar-refractivity contribution < 1.29 is 44.6 Å². The first kappa shape index (κ1) is 12.1. The van der Waals surface area contributed by atoms with Crippen LogP contribution in [0.3, 0.4) is 0 Å². The summed E-state index contributed by atoms with van der Waals surface area (Å²) in [5.74, 6) is -1.32. The van der Waals surface area contributed by atoms with E-state index in [0.29, 0.717) is 0 Å². The quantitative estimate of drug-likeness (QED) is 0.384. The predicted octanol–water partition coefficient (Wildman–Crippen LogP) is -5.55. The molecule has 0 aromatic heterocycles. The Balaban J connectivity index is 0. The van der Waals surface area contributed by atoms with E-state index in [1.54, 1.807) is 0 Å². The number of carboxylic acid groups (broad SMARTS) is 1. The second-order valence-corrected chi connectivity index (χ2v) is 1.44. The minimum atomic E-state index is -1.32. The van der Waals surface area contributed by atoms with Gasteiger partial charge in [-0.2, -0.15) is 0 Å². The van der Waals surface area contributed by atoms with Crippen LogP contribution < -0.4 is 40.4 Å². The van der Waals surface area contributed by atoms with Crippen molar-refractivity contribution in [1.82, 2.24) is 0 Å². The van der Waals surface area contributed by atoms with Crippen LogP contribution in [0.25, 0.3) is 0 Å². The summed E-state index contributed by atoms with van der Waals surface area (Å²) in [5.41, 5.74) is 4.90. The number of aliphatic carboxylic acids is 1. The van der Waals surface area contributed by atoms with Gasteiger partial charge in [-0.3, -0.25) is 0 Å². The van der Waals surface area contributed by atoms with E-state index in [1.807, 2.05) is 0 Å². The maximum Gasteiger partial charge on any atom is 1.00 e. The molecule has 0 radical (unpaired) electrons. The Hall–Kier alpha value is 0.390. The Labute approximate surface area is 75.3 Å². The summed E-state index contributed by atoms with van der Waals surface area (Å²) >= 11 is 0.